The second-order valence-corrected chi connectivity index (χ2v) is 8.68. The molecule has 2 aromatic rings. The molecule has 0 bridgehead atoms. The summed E-state index contributed by atoms with van der Waals surface area (Å²) in [5.74, 6) is 0.864. The zero-order chi connectivity index (χ0) is 20.8. The van der Waals surface area contributed by atoms with Crippen molar-refractivity contribution in [3.05, 3.63) is 24.3 Å². The van der Waals surface area contributed by atoms with Gasteiger partial charge < -0.3 is 19.7 Å². The van der Waals surface area contributed by atoms with Crippen LogP contribution in [0.5, 0.6) is 0 Å². The highest BCUT2D eigenvalue weighted by Crippen LogP contribution is 2.33. The summed E-state index contributed by atoms with van der Waals surface area (Å²) in [6, 6.07) is 1.43. The van der Waals surface area contributed by atoms with Crippen molar-refractivity contribution >= 4 is 28.8 Å². The third-order valence-corrected chi connectivity index (χ3v) is 7.02. The van der Waals surface area contributed by atoms with Gasteiger partial charge in [-0.25, -0.2) is 9.97 Å². The molecule has 0 spiro atoms. The lowest BCUT2D eigenvalue weighted by Crippen LogP contribution is -2.44. The Kier molecular flexibility index (Phi) is 4.67. The summed E-state index contributed by atoms with van der Waals surface area (Å²) in [6.07, 6.45) is 6.23. The van der Waals surface area contributed by atoms with E-state index in [9.17, 15) is 14.4 Å². The monoisotopic (exact) mass is 410 g/mol. The average molecular weight is 410 g/mol. The Bertz CT molecular complexity index is 1000. The first-order valence-corrected chi connectivity index (χ1v) is 10.6. The average Bonchev–Trinajstić information content (AvgIpc) is 3.54. The molecule has 1 N–H and O–H groups in total. The van der Waals surface area contributed by atoms with Crippen molar-refractivity contribution < 1.29 is 14.4 Å². The minimum Gasteiger partial charge on any atom is -0.343 e. The lowest BCUT2D eigenvalue weighted by atomic mass is 9.91. The van der Waals surface area contributed by atoms with Crippen molar-refractivity contribution in [2.45, 2.75) is 31.7 Å². The molecule has 9 heteroatoms. The molecule has 3 saturated heterocycles. The van der Waals surface area contributed by atoms with Gasteiger partial charge in [0.25, 0.3) is 5.91 Å². The third kappa shape index (κ3) is 3.22. The van der Waals surface area contributed by atoms with Crippen LogP contribution >= 0.6 is 0 Å². The van der Waals surface area contributed by atoms with Gasteiger partial charge in [-0.2, -0.15) is 0 Å². The van der Waals surface area contributed by atoms with Gasteiger partial charge in [0.05, 0.1) is 23.6 Å². The molecule has 0 aromatic carbocycles. The Hall–Kier alpha value is -2.97. The molecule has 3 unspecified atom stereocenters. The lowest BCUT2D eigenvalue weighted by molar-refractivity contribution is -0.139. The van der Waals surface area contributed by atoms with Crippen molar-refractivity contribution in [1.82, 2.24) is 29.7 Å². The number of aromatic nitrogens is 3. The van der Waals surface area contributed by atoms with Crippen LogP contribution in [0.1, 0.15) is 36.2 Å². The summed E-state index contributed by atoms with van der Waals surface area (Å²) in [4.78, 5) is 54.4. The number of likely N-dealkylation sites (tertiary alicyclic amines) is 3. The van der Waals surface area contributed by atoms with Gasteiger partial charge in [0, 0.05) is 39.6 Å². The second kappa shape index (κ2) is 7.37. The third-order valence-electron chi connectivity index (χ3n) is 7.02. The van der Waals surface area contributed by atoms with Gasteiger partial charge in [0.1, 0.15) is 11.7 Å². The number of pyridine rings is 1. The summed E-state index contributed by atoms with van der Waals surface area (Å²) >= 11 is 0. The van der Waals surface area contributed by atoms with Crippen LogP contribution in [0.15, 0.2) is 18.6 Å². The highest BCUT2D eigenvalue weighted by Gasteiger charge is 2.41. The van der Waals surface area contributed by atoms with Crippen molar-refractivity contribution in [2.24, 2.45) is 11.8 Å². The number of imidazole rings is 1. The second-order valence-electron chi connectivity index (χ2n) is 8.68. The number of hydrogen-bond acceptors (Lipinski definition) is 5. The Morgan fingerprint density at radius 3 is 2.53 bits per heavy atom. The number of likely N-dealkylation sites (N-methyl/N-ethyl adjacent to an activating group) is 1. The number of fused-ring (bicyclic) bond motifs is 1. The summed E-state index contributed by atoms with van der Waals surface area (Å²) in [6.45, 7) is 2.88. The van der Waals surface area contributed by atoms with Crippen LogP contribution in [0.3, 0.4) is 0 Å². The number of carbonyl (C=O) groups is 3. The first-order chi connectivity index (χ1) is 14.5. The van der Waals surface area contributed by atoms with Crippen LogP contribution in [0.2, 0.25) is 0 Å². The van der Waals surface area contributed by atoms with Crippen molar-refractivity contribution in [1.29, 1.82) is 0 Å². The zero-order valence-electron chi connectivity index (χ0n) is 17.1. The summed E-state index contributed by atoms with van der Waals surface area (Å²) in [7, 11) is 1.72. The number of hydrogen-bond donors (Lipinski definition) is 1. The number of H-pyrrole nitrogens is 1. The first kappa shape index (κ1) is 19.0. The molecule has 30 heavy (non-hydrogen) atoms. The fourth-order valence-electron chi connectivity index (χ4n) is 5.15. The van der Waals surface area contributed by atoms with Gasteiger partial charge in [0.15, 0.2) is 0 Å². The largest absolute Gasteiger partial charge is 0.343 e. The number of aromatic amines is 1. The number of nitrogens with one attached hydrogen (secondary N) is 1. The summed E-state index contributed by atoms with van der Waals surface area (Å²) in [5.41, 5.74) is 1.98. The standard InChI is InChI=1S/C21H26N6O3/c1-25-18(2-3-19(25)28)21(30)27-7-5-14(11-27)13-4-6-26(10-13)20(29)16-8-15-17(9-22-16)24-12-23-15/h8-9,12-14,18H,2-7,10-11H2,1H3,(H,23,24). The first-order valence-electron chi connectivity index (χ1n) is 10.6. The number of nitrogens with zero attached hydrogens (tertiary/aromatic N) is 5. The molecular formula is C21H26N6O3. The van der Waals surface area contributed by atoms with Gasteiger partial charge in [0.2, 0.25) is 11.8 Å². The molecular weight excluding hydrogens is 384 g/mol. The van der Waals surface area contributed by atoms with Gasteiger partial charge in [-0.1, -0.05) is 0 Å². The minimum absolute atomic E-state index is 0.0516. The van der Waals surface area contributed by atoms with Crippen LogP contribution in [0, 0.1) is 11.8 Å². The van der Waals surface area contributed by atoms with E-state index < -0.39 is 0 Å². The molecule has 5 heterocycles. The van der Waals surface area contributed by atoms with E-state index in [1.165, 1.54) is 0 Å². The van der Waals surface area contributed by atoms with Crippen molar-refractivity contribution in [3.63, 3.8) is 0 Å². The van der Waals surface area contributed by atoms with Crippen molar-refractivity contribution in [3.8, 4) is 0 Å². The van der Waals surface area contributed by atoms with Crippen LogP contribution in [0.4, 0.5) is 0 Å². The fraction of sp³-hybridized carbons (Fsp3) is 0.571. The fourth-order valence-corrected chi connectivity index (χ4v) is 5.15. The quantitative estimate of drug-likeness (QED) is 0.810. The highest BCUT2D eigenvalue weighted by atomic mass is 16.2. The Labute approximate surface area is 174 Å². The smallest absolute Gasteiger partial charge is 0.272 e. The summed E-state index contributed by atoms with van der Waals surface area (Å²) in [5, 5.41) is 0. The van der Waals surface area contributed by atoms with Crippen LogP contribution in [0.25, 0.3) is 11.0 Å². The Balaban J connectivity index is 1.19. The maximum absolute atomic E-state index is 12.9. The van der Waals surface area contributed by atoms with E-state index in [2.05, 4.69) is 15.0 Å². The molecule has 0 saturated carbocycles. The molecule has 3 aliphatic heterocycles. The van der Waals surface area contributed by atoms with E-state index in [0.717, 1.165) is 37.0 Å². The van der Waals surface area contributed by atoms with Crippen LogP contribution in [-0.4, -0.2) is 86.6 Å². The topological polar surface area (TPSA) is 103 Å². The molecule has 158 valence electrons. The molecule has 3 fully saturated rings. The molecule has 3 amide bonds. The van der Waals surface area contributed by atoms with Gasteiger partial charge >= 0.3 is 0 Å². The van der Waals surface area contributed by atoms with E-state index in [0.29, 0.717) is 43.5 Å². The zero-order valence-corrected chi connectivity index (χ0v) is 17.1. The number of carbonyl (C=O) groups excluding carboxylic acids is 3. The molecule has 9 nitrogen and oxygen atoms in total. The maximum Gasteiger partial charge on any atom is 0.272 e. The minimum atomic E-state index is -0.305. The van der Waals surface area contributed by atoms with Crippen LogP contribution in [-0.2, 0) is 9.59 Å². The van der Waals surface area contributed by atoms with Gasteiger partial charge in [-0.15, -0.1) is 0 Å². The maximum atomic E-state index is 12.9. The Morgan fingerprint density at radius 2 is 1.80 bits per heavy atom. The molecule has 3 aliphatic rings. The lowest BCUT2D eigenvalue weighted by Gasteiger charge is -2.26. The predicted molar refractivity (Wildman–Crippen MR) is 108 cm³/mol. The highest BCUT2D eigenvalue weighted by molar-refractivity contribution is 5.95. The van der Waals surface area contributed by atoms with E-state index in [1.807, 2.05) is 9.80 Å². The number of amides is 3. The van der Waals surface area contributed by atoms with Gasteiger partial charge in [-0.05, 0) is 37.2 Å². The molecule has 5 rings (SSSR count). The normalized spacial score (nSPS) is 26.9. The van der Waals surface area contributed by atoms with E-state index >= 15 is 0 Å². The van der Waals surface area contributed by atoms with E-state index in [1.54, 1.807) is 30.5 Å². The summed E-state index contributed by atoms with van der Waals surface area (Å²) < 4.78 is 0. The molecule has 3 atom stereocenters. The molecule has 2 aromatic heterocycles. The molecule has 0 aliphatic carbocycles. The number of rotatable bonds is 3. The molecule has 0 radical (unpaired) electrons. The van der Waals surface area contributed by atoms with E-state index in [-0.39, 0.29) is 23.8 Å². The van der Waals surface area contributed by atoms with Gasteiger partial charge in [-0.3, -0.25) is 14.4 Å². The van der Waals surface area contributed by atoms with Crippen molar-refractivity contribution in [2.75, 3.05) is 33.2 Å². The van der Waals surface area contributed by atoms with Crippen LogP contribution < -0.4 is 0 Å². The Morgan fingerprint density at radius 1 is 1.07 bits per heavy atom. The SMILES string of the molecule is CN1C(=O)CCC1C(=O)N1CCC(C2CCN(C(=O)c3cc4nc[nH]c4cn3)C2)C1. The van der Waals surface area contributed by atoms with E-state index in [4.69, 9.17) is 0 Å². The predicted octanol–water partition coefficient (Wildman–Crippen LogP) is 0.889.